The van der Waals surface area contributed by atoms with E-state index in [1.165, 1.54) is 19.3 Å². The molecular formula is C18H30O4. The third-order valence-corrected chi connectivity index (χ3v) is 3.20. The number of unbranched alkanes of at least 4 members (excludes halogenated alkanes) is 3. The summed E-state index contributed by atoms with van der Waals surface area (Å²) in [5.74, 6) is 0. The highest BCUT2D eigenvalue weighted by molar-refractivity contribution is 5.49. The number of hydrogen-bond acceptors (Lipinski definition) is 4. The lowest BCUT2D eigenvalue weighted by atomic mass is 10.0. The van der Waals surface area contributed by atoms with E-state index in [0.717, 1.165) is 6.42 Å². The van der Waals surface area contributed by atoms with Crippen LogP contribution in [0.15, 0.2) is 36.5 Å². The second-order valence-corrected chi connectivity index (χ2v) is 5.44. The summed E-state index contributed by atoms with van der Waals surface area (Å²) in [7, 11) is 0. The fourth-order valence-corrected chi connectivity index (χ4v) is 1.98. The summed E-state index contributed by atoms with van der Waals surface area (Å²) in [6, 6.07) is 0. The van der Waals surface area contributed by atoms with E-state index in [1.54, 1.807) is 12.2 Å². The summed E-state index contributed by atoms with van der Waals surface area (Å²) < 4.78 is 0. The first-order chi connectivity index (χ1) is 10.6. The van der Waals surface area contributed by atoms with Gasteiger partial charge in [0.15, 0.2) is 0 Å². The molecular weight excluding hydrogens is 280 g/mol. The first kappa shape index (κ1) is 20.8. The van der Waals surface area contributed by atoms with Gasteiger partial charge in [0.05, 0.1) is 18.3 Å². The predicted octanol–water partition coefficient (Wildman–Crippen LogP) is 2.69. The monoisotopic (exact) mass is 310 g/mol. The molecule has 0 aliphatic heterocycles. The lowest BCUT2D eigenvalue weighted by Crippen LogP contribution is -2.22. The van der Waals surface area contributed by atoms with Gasteiger partial charge in [-0.1, -0.05) is 56.2 Å². The summed E-state index contributed by atoms with van der Waals surface area (Å²) >= 11 is 0. The van der Waals surface area contributed by atoms with Crippen molar-refractivity contribution in [2.24, 2.45) is 0 Å². The smallest absolute Gasteiger partial charge is 0.122 e. The number of rotatable bonds is 13. The van der Waals surface area contributed by atoms with Crippen molar-refractivity contribution in [3.63, 3.8) is 0 Å². The molecule has 1 unspecified atom stereocenters. The quantitative estimate of drug-likeness (QED) is 0.278. The molecule has 0 saturated heterocycles. The van der Waals surface area contributed by atoms with E-state index < -0.39 is 18.3 Å². The van der Waals surface area contributed by atoms with Crippen LogP contribution in [0.1, 0.15) is 51.9 Å². The van der Waals surface area contributed by atoms with Crippen LogP contribution in [0.3, 0.4) is 0 Å². The Kier molecular flexibility index (Phi) is 13.9. The van der Waals surface area contributed by atoms with Gasteiger partial charge in [-0.3, -0.25) is 0 Å². The molecule has 0 radical (unpaired) electrons. The molecule has 0 aliphatic rings. The molecule has 4 nitrogen and oxygen atoms in total. The highest BCUT2D eigenvalue weighted by atomic mass is 16.3. The molecule has 0 bridgehead atoms. The zero-order valence-electron chi connectivity index (χ0n) is 13.5. The van der Waals surface area contributed by atoms with Crippen LogP contribution in [0.4, 0.5) is 0 Å². The van der Waals surface area contributed by atoms with Gasteiger partial charge in [-0.25, -0.2) is 0 Å². The molecule has 3 N–H and O–H groups in total. The van der Waals surface area contributed by atoms with Crippen LogP contribution in [0.5, 0.6) is 0 Å². The topological polar surface area (TPSA) is 77.8 Å². The molecule has 0 spiro atoms. The first-order valence-electron chi connectivity index (χ1n) is 8.08. The van der Waals surface area contributed by atoms with Crippen LogP contribution in [-0.2, 0) is 4.79 Å². The molecule has 4 heteroatoms. The van der Waals surface area contributed by atoms with E-state index in [-0.39, 0.29) is 19.3 Å². The van der Waals surface area contributed by atoms with Gasteiger partial charge in [0.25, 0.3) is 0 Å². The zero-order valence-corrected chi connectivity index (χ0v) is 13.5. The van der Waals surface area contributed by atoms with E-state index in [9.17, 15) is 20.1 Å². The van der Waals surface area contributed by atoms with E-state index in [0.29, 0.717) is 6.29 Å². The Labute approximate surface area is 133 Å². The Morgan fingerprint density at radius 2 is 1.64 bits per heavy atom. The van der Waals surface area contributed by atoms with Crippen molar-refractivity contribution < 1.29 is 20.1 Å². The molecule has 0 aliphatic carbocycles. The normalized spacial score (nSPS) is 16.5. The molecule has 0 aromatic rings. The molecule has 0 aromatic carbocycles. The minimum Gasteiger partial charge on any atom is -0.393 e. The highest BCUT2D eigenvalue weighted by Gasteiger charge is 2.14. The van der Waals surface area contributed by atoms with Crippen molar-refractivity contribution in [2.75, 3.05) is 0 Å². The lowest BCUT2D eigenvalue weighted by Gasteiger charge is -2.15. The minimum absolute atomic E-state index is 0.0102. The fraction of sp³-hybridized carbons (Fsp3) is 0.611. The van der Waals surface area contributed by atoms with Crippen LogP contribution in [0.2, 0.25) is 0 Å². The van der Waals surface area contributed by atoms with Gasteiger partial charge in [-0.05, 0) is 19.3 Å². The van der Waals surface area contributed by atoms with Crippen molar-refractivity contribution in [3.05, 3.63) is 36.5 Å². The first-order valence-corrected chi connectivity index (χ1v) is 8.08. The third kappa shape index (κ3) is 13.7. The van der Waals surface area contributed by atoms with Crippen molar-refractivity contribution in [1.82, 2.24) is 0 Å². The summed E-state index contributed by atoms with van der Waals surface area (Å²) in [4.78, 5) is 10.2. The van der Waals surface area contributed by atoms with Gasteiger partial charge in [0.2, 0.25) is 0 Å². The van der Waals surface area contributed by atoms with Crippen LogP contribution >= 0.6 is 0 Å². The Morgan fingerprint density at radius 1 is 0.909 bits per heavy atom. The highest BCUT2D eigenvalue weighted by Crippen LogP contribution is 2.08. The molecule has 126 valence electrons. The Morgan fingerprint density at radius 3 is 2.32 bits per heavy atom. The average molecular weight is 310 g/mol. The van der Waals surface area contributed by atoms with Gasteiger partial charge in [0, 0.05) is 12.8 Å². The van der Waals surface area contributed by atoms with Crippen molar-refractivity contribution in [1.29, 1.82) is 0 Å². The number of allylic oxidation sites excluding steroid dienone is 5. The number of hydrogen-bond donors (Lipinski definition) is 3. The summed E-state index contributed by atoms with van der Waals surface area (Å²) in [6.45, 7) is 2.18. The second kappa shape index (κ2) is 14.7. The number of aliphatic hydroxyl groups is 3. The van der Waals surface area contributed by atoms with Gasteiger partial charge in [-0.15, -0.1) is 0 Å². The standard InChI is InChI=1S/C18H30O4/c1-2-3-4-5-6-7-8-9-10-11-16(20)14-18(22)15-17(21)12-13-19/h6-11,13,16-18,20-22H,2-5,12,14-15H2,1H3/b7-6+,9-8+,11-10+/t16?,17-,18+/m0/s1. The summed E-state index contributed by atoms with van der Waals surface area (Å²) in [5, 5.41) is 28.7. The maximum atomic E-state index is 10.2. The number of carbonyl (C=O) groups is 1. The van der Waals surface area contributed by atoms with Gasteiger partial charge < -0.3 is 20.1 Å². The number of aldehydes is 1. The maximum Gasteiger partial charge on any atom is 0.122 e. The minimum atomic E-state index is -0.846. The van der Waals surface area contributed by atoms with Crippen molar-refractivity contribution >= 4 is 6.29 Å². The third-order valence-electron chi connectivity index (χ3n) is 3.20. The predicted molar refractivity (Wildman–Crippen MR) is 89.5 cm³/mol. The molecule has 0 heterocycles. The Balaban J connectivity index is 3.85. The molecule has 0 aromatic heterocycles. The van der Waals surface area contributed by atoms with Crippen LogP contribution in [0, 0.1) is 0 Å². The van der Waals surface area contributed by atoms with Crippen molar-refractivity contribution in [2.45, 2.75) is 70.2 Å². The molecule has 22 heavy (non-hydrogen) atoms. The van der Waals surface area contributed by atoms with Gasteiger partial charge in [0.1, 0.15) is 6.29 Å². The van der Waals surface area contributed by atoms with Crippen molar-refractivity contribution in [3.8, 4) is 0 Å². The van der Waals surface area contributed by atoms with Crippen LogP contribution < -0.4 is 0 Å². The Bertz CT molecular complexity index is 347. The lowest BCUT2D eigenvalue weighted by molar-refractivity contribution is -0.109. The number of aliphatic hydroxyl groups excluding tert-OH is 3. The number of carbonyl (C=O) groups excluding carboxylic acids is 1. The van der Waals surface area contributed by atoms with Crippen LogP contribution in [0.25, 0.3) is 0 Å². The van der Waals surface area contributed by atoms with Gasteiger partial charge in [-0.2, -0.15) is 0 Å². The molecule has 0 rings (SSSR count). The molecule has 0 amide bonds. The second-order valence-electron chi connectivity index (χ2n) is 5.44. The Hall–Kier alpha value is -1.23. The van der Waals surface area contributed by atoms with Gasteiger partial charge >= 0.3 is 0 Å². The van der Waals surface area contributed by atoms with E-state index in [1.807, 2.05) is 18.2 Å². The summed E-state index contributed by atoms with van der Waals surface area (Å²) in [6.07, 6.45) is 14.4. The van der Waals surface area contributed by atoms with E-state index >= 15 is 0 Å². The van der Waals surface area contributed by atoms with E-state index in [2.05, 4.69) is 13.0 Å². The zero-order chi connectivity index (χ0) is 16.6. The summed E-state index contributed by atoms with van der Waals surface area (Å²) in [5.41, 5.74) is 0. The largest absolute Gasteiger partial charge is 0.393 e. The average Bonchev–Trinajstić information content (AvgIpc) is 2.45. The van der Waals surface area contributed by atoms with Crippen LogP contribution in [-0.4, -0.2) is 39.9 Å². The molecule has 0 fully saturated rings. The molecule has 0 saturated carbocycles. The maximum absolute atomic E-state index is 10.2. The van der Waals surface area contributed by atoms with E-state index in [4.69, 9.17) is 0 Å². The SMILES string of the molecule is CCCCC/C=C/C=C/C=C/C(O)C[C@@H](O)C[C@@H](O)CC=O. The molecule has 3 atom stereocenters. The fourth-order valence-electron chi connectivity index (χ4n) is 1.98.